The lowest BCUT2D eigenvalue weighted by molar-refractivity contribution is -0.117. The van der Waals surface area contributed by atoms with Crippen molar-refractivity contribution < 1.29 is 17.6 Å². The monoisotopic (exact) mass is 529 g/mol. The fourth-order valence-corrected chi connectivity index (χ4v) is 5.43. The van der Waals surface area contributed by atoms with E-state index < -0.39 is 15.9 Å². The molecule has 2 aromatic carbocycles. The number of nitrogens with zero attached hydrogens (tertiary/aromatic N) is 4. The maximum absolute atomic E-state index is 13.2. The van der Waals surface area contributed by atoms with Crippen LogP contribution in [0.2, 0.25) is 0 Å². The van der Waals surface area contributed by atoms with Gasteiger partial charge in [0.1, 0.15) is 23.1 Å². The molecule has 0 fully saturated rings. The van der Waals surface area contributed by atoms with Crippen molar-refractivity contribution in [2.24, 2.45) is 0 Å². The number of rotatable bonds is 10. The molecule has 2 aromatic heterocycles. The Morgan fingerprint density at radius 1 is 1.11 bits per heavy atom. The molecular weight excluding hydrogens is 502 g/mol. The van der Waals surface area contributed by atoms with Crippen LogP contribution in [-0.4, -0.2) is 41.5 Å². The summed E-state index contributed by atoms with van der Waals surface area (Å²) in [6, 6.07) is 21.2. The van der Waals surface area contributed by atoms with E-state index in [9.17, 15) is 18.5 Å². The third-order valence-corrected chi connectivity index (χ3v) is 7.93. The van der Waals surface area contributed by atoms with Crippen molar-refractivity contribution in [1.29, 1.82) is 5.26 Å². The summed E-state index contributed by atoms with van der Waals surface area (Å²) in [5, 5.41) is 17.1. The van der Waals surface area contributed by atoms with Crippen molar-refractivity contribution >= 4 is 22.0 Å². The molecule has 38 heavy (non-hydrogen) atoms. The Hall–Kier alpha value is -4.46. The molecule has 4 rings (SSSR count). The second-order valence-electron chi connectivity index (χ2n) is 8.26. The summed E-state index contributed by atoms with van der Waals surface area (Å²) in [6.45, 7) is 4.40. The molecule has 9 nitrogen and oxygen atoms in total. The van der Waals surface area contributed by atoms with Crippen LogP contribution in [-0.2, 0) is 21.4 Å². The second kappa shape index (κ2) is 11.7. The molecule has 0 radical (unpaired) electrons. The number of nitriles is 1. The Morgan fingerprint density at radius 2 is 1.87 bits per heavy atom. The first-order valence-electron chi connectivity index (χ1n) is 12.1. The number of amides is 1. The quantitative estimate of drug-likeness (QED) is 0.240. The highest BCUT2D eigenvalue weighted by atomic mass is 32.2. The minimum Gasteiger partial charge on any atom is -0.467 e. The van der Waals surface area contributed by atoms with Crippen molar-refractivity contribution in [2.75, 3.05) is 13.1 Å². The van der Waals surface area contributed by atoms with Gasteiger partial charge in [0.05, 0.1) is 23.4 Å². The molecule has 0 aliphatic heterocycles. The van der Waals surface area contributed by atoms with Crippen LogP contribution in [0.25, 0.3) is 23.0 Å². The van der Waals surface area contributed by atoms with E-state index in [-0.39, 0.29) is 17.0 Å². The SMILES string of the molecule is CCN(CC)S(=O)(=O)c1cccc(-c2nn(-c3ccccc3)cc2/C=C(\C#N)C(=O)NCc2ccco2)c1. The number of para-hydroxylation sites is 1. The first-order chi connectivity index (χ1) is 18.4. The summed E-state index contributed by atoms with van der Waals surface area (Å²) >= 11 is 0. The number of furan rings is 1. The Balaban J connectivity index is 1.77. The van der Waals surface area contributed by atoms with E-state index in [2.05, 4.69) is 5.32 Å². The number of carbonyl (C=O) groups excluding carboxylic acids is 1. The highest BCUT2D eigenvalue weighted by molar-refractivity contribution is 7.89. The van der Waals surface area contributed by atoms with Crippen molar-refractivity contribution in [1.82, 2.24) is 19.4 Å². The van der Waals surface area contributed by atoms with Gasteiger partial charge in [0.25, 0.3) is 5.91 Å². The van der Waals surface area contributed by atoms with E-state index in [1.807, 2.05) is 36.4 Å². The lowest BCUT2D eigenvalue weighted by Crippen LogP contribution is -2.30. The lowest BCUT2D eigenvalue weighted by Gasteiger charge is -2.18. The molecule has 0 bridgehead atoms. The van der Waals surface area contributed by atoms with Gasteiger partial charge in [-0.1, -0.05) is 44.2 Å². The van der Waals surface area contributed by atoms with Crippen molar-refractivity contribution in [3.05, 3.63) is 96.1 Å². The van der Waals surface area contributed by atoms with E-state index in [4.69, 9.17) is 9.52 Å². The molecule has 1 N–H and O–H groups in total. The number of carbonyl (C=O) groups is 1. The van der Waals surface area contributed by atoms with Gasteiger partial charge in [-0.15, -0.1) is 0 Å². The Labute approximate surface area is 221 Å². The summed E-state index contributed by atoms with van der Waals surface area (Å²) in [5.41, 5.74) is 2.08. The Morgan fingerprint density at radius 3 is 2.53 bits per heavy atom. The molecule has 194 valence electrons. The average molecular weight is 530 g/mol. The predicted molar refractivity (Wildman–Crippen MR) is 143 cm³/mol. The number of aromatic nitrogens is 2. The molecule has 0 unspecified atom stereocenters. The molecule has 10 heteroatoms. The zero-order valence-corrected chi connectivity index (χ0v) is 21.9. The molecule has 0 atom stereocenters. The van der Waals surface area contributed by atoms with Crippen LogP contribution in [0.5, 0.6) is 0 Å². The van der Waals surface area contributed by atoms with Crippen LogP contribution >= 0.6 is 0 Å². The van der Waals surface area contributed by atoms with E-state index in [1.165, 1.54) is 16.6 Å². The maximum Gasteiger partial charge on any atom is 0.262 e. The Kier molecular flexibility index (Phi) is 8.21. The van der Waals surface area contributed by atoms with Crippen LogP contribution in [0.1, 0.15) is 25.2 Å². The van der Waals surface area contributed by atoms with E-state index in [0.717, 1.165) is 5.69 Å². The third kappa shape index (κ3) is 5.75. The van der Waals surface area contributed by atoms with Crippen LogP contribution in [0.4, 0.5) is 0 Å². The zero-order chi connectivity index (χ0) is 27.1. The topological polar surface area (TPSA) is 121 Å². The van der Waals surface area contributed by atoms with Crippen LogP contribution in [0.3, 0.4) is 0 Å². The van der Waals surface area contributed by atoms with E-state index in [0.29, 0.717) is 35.7 Å². The van der Waals surface area contributed by atoms with Gasteiger partial charge in [0.2, 0.25) is 10.0 Å². The normalized spacial score (nSPS) is 11.9. The zero-order valence-electron chi connectivity index (χ0n) is 21.0. The van der Waals surface area contributed by atoms with Gasteiger partial charge < -0.3 is 9.73 Å². The smallest absolute Gasteiger partial charge is 0.262 e. The fourth-order valence-electron chi connectivity index (χ4n) is 3.93. The van der Waals surface area contributed by atoms with E-state index >= 15 is 0 Å². The van der Waals surface area contributed by atoms with Crippen molar-refractivity contribution in [3.8, 4) is 23.0 Å². The van der Waals surface area contributed by atoms with Gasteiger partial charge in [-0.05, 0) is 42.5 Å². The predicted octanol–water partition coefficient (Wildman–Crippen LogP) is 4.39. The van der Waals surface area contributed by atoms with Gasteiger partial charge >= 0.3 is 0 Å². The number of sulfonamides is 1. The number of hydrogen-bond acceptors (Lipinski definition) is 6. The van der Waals surface area contributed by atoms with Gasteiger partial charge in [-0.25, -0.2) is 13.1 Å². The average Bonchev–Trinajstić information content (AvgIpc) is 3.62. The summed E-state index contributed by atoms with van der Waals surface area (Å²) in [6.07, 6.45) is 4.65. The van der Waals surface area contributed by atoms with Crippen LogP contribution in [0, 0.1) is 11.3 Å². The van der Waals surface area contributed by atoms with Gasteiger partial charge in [0, 0.05) is 30.4 Å². The first kappa shape index (κ1) is 26.6. The molecule has 1 amide bonds. The highest BCUT2D eigenvalue weighted by Crippen LogP contribution is 2.28. The number of benzene rings is 2. The minimum absolute atomic E-state index is 0.127. The minimum atomic E-state index is -3.70. The Bertz CT molecular complexity index is 1580. The fraction of sp³-hybridized carbons (Fsp3) is 0.179. The summed E-state index contributed by atoms with van der Waals surface area (Å²) in [7, 11) is -3.70. The summed E-state index contributed by atoms with van der Waals surface area (Å²) in [4.78, 5) is 12.9. The molecule has 0 aliphatic rings. The van der Waals surface area contributed by atoms with Gasteiger partial charge in [-0.2, -0.15) is 14.7 Å². The second-order valence-corrected chi connectivity index (χ2v) is 10.2. The number of hydrogen-bond donors (Lipinski definition) is 1. The van der Waals surface area contributed by atoms with Crippen molar-refractivity contribution in [3.63, 3.8) is 0 Å². The lowest BCUT2D eigenvalue weighted by atomic mass is 10.1. The van der Waals surface area contributed by atoms with Crippen LogP contribution in [0.15, 0.2) is 94.1 Å². The third-order valence-electron chi connectivity index (χ3n) is 5.88. The molecule has 2 heterocycles. The molecule has 4 aromatic rings. The molecule has 0 spiro atoms. The van der Waals surface area contributed by atoms with Crippen LogP contribution < -0.4 is 5.32 Å². The standard InChI is InChI=1S/C28H27N5O4S/c1-3-32(4-2)38(35,36)26-14-8-10-21(17-26)27-23(20-33(31-27)24-11-6-5-7-12-24)16-22(18-29)28(34)30-19-25-13-9-15-37-25/h5-17,20H,3-4,19H2,1-2H3,(H,30,34)/b22-16+. The maximum atomic E-state index is 13.2. The molecule has 0 saturated heterocycles. The summed E-state index contributed by atoms with van der Waals surface area (Å²) < 4.78 is 34.6. The first-order valence-corrected chi connectivity index (χ1v) is 13.5. The van der Waals surface area contributed by atoms with Gasteiger partial charge in [0.15, 0.2) is 0 Å². The van der Waals surface area contributed by atoms with E-state index in [1.54, 1.807) is 61.1 Å². The molecular formula is C28H27N5O4S. The highest BCUT2D eigenvalue weighted by Gasteiger charge is 2.23. The molecule has 0 saturated carbocycles. The van der Waals surface area contributed by atoms with Crippen molar-refractivity contribution in [2.45, 2.75) is 25.3 Å². The largest absolute Gasteiger partial charge is 0.467 e. The van der Waals surface area contributed by atoms with Gasteiger partial charge in [-0.3, -0.25) is 4.79 Å². The molecule has 0 aliphatic carbocycles. The number of nitrogens with one attached hydrogen (secondary N) is 1. The summed E-state index contributed by atoms with van der Waals surface area (Å²) in [5.74, 6) is -0.0142.